The standard InChI is InChI=1S/C11H21N5/c1-5-6-7-8-12-10-13-9(2)14-11(15-10)16(3)4/h5-8H2,1-4H3,(H,12,13,14,15). The predicted molar refractivity (Wildman–Crippen MR) is 66.9 cm³/mol. The first-order valence-corrected chi connectivity index (χ1v) is 5.77. The van der Waals surface area contributed by atoms with Crippen LogP contribution in [0.4, 0.5) is 11.9 Å². The van der Waals surface area contributed by atoms with Gasteiger partial charge in [-0.05, 0) is 13.3 Å². The molecule has 0 spiro atoms. The lowest BCUT2D eigenvalue weighted by atomic mass is 10.2. The zero-order valence-corrected chi connectivity index (χ0v) is 10.6. The lowest BCUT2D eigenvalue weighted by Crippen LogP contribution is -2.16. The quantitative estimate of drug-likeness (QED) is 0.746. The van der Waals surface area contributed by atoms with Crippen LogP contribution in [0.25, 0.3) is 0 Å². The van der Waals surface area contributed by atoms with Gasteiger partial charge < -0.3 is 10.2 Å². The maximum Gasteiger partial charge on any atom is 0.229 e. The second-order valence-corrected chi connectivity index (χ2v) is 4.03. The van der Waals surface area contributed by atoms with E-state index in [0.29, 0.717) is 11.9 Å². The smallest absolute Gasteiger partial charge is 0.229 e. The molecule has 0 radical (unpaired) electrons. The Labute approximate surface area is 97.3 Å². The van der Waals surface area contributed by atoms with Crippen molar-refractivity contribution in [3.63, 3.8) is 0 Å². The summed E-state index contributed by atoms with van der Waals surface area (Å²) in [5, 5.41) is 3.23. The number of hydrogen-bond acceptors (Lipinski definition) is 5. The van der Waals surface area contributed by atoms with Gasteiger partial charge in [0.15, 0.2) is 0 Å². The van der Waals surface area contributed by atoms with Crippen molar-refractivity contribution >= 4 is 11.9 Å². The molecule has 0 aromatic carbocycles. The molecule has 16 heavy (non-hydrogen) atoms. The van der Waals surface area contributed by atoms with Crippen LogP contribution in [0, 0.1) is 6.92 Å². The minimum atomic E-state index is 0.673. The van der Waals surface area contributed by atoms with Gasteiger partial charge in [0.25, 0.3) is 0 Å². The van der Waals surface area contributed by atoms with Gasteiger partial charge in [-0.3, -0.25) is 0 Å². The van der Waals surface area contributed by atoms with Crippen LogP contribution < -0.4 is 10.2 Å². The van der Waals surface area contributed by atoms with E-state index in [1.807, 2.05) is 25.9 Å². The van der Waals surface area contributed by atoms with Gasteiger partial charge >= 0.3 is 0 Å². The van der Waals surface area contributed by atoms with E-state index in [-0.39, 0.29) is 0 Å². The molecule has 0 bridgehead atoms. The van der Waals surface area contributed by atoms with E-state index in [1.54, 1.807) is 0 Å². The lowest BCUT2D eigenvalue weighted by molar-refractivity contribution is 0.738. The number of anilines is 2. The molecule has 1 heterocycles. The number of hydrogen-bond donors (Lipinski definition) is 1. The van der Waals surface area contributed by atoms with Crippen LogP contribution in [-0.4, -0.2) is 35.6 Å². The molecule has 0 aliphatic carbocycles. The fraction of sp³-hybridized carbons (Fsp3) is 0.727. The molecule has 1 aromatic heterocycles. The Morgan fingerprint density at radius 2 is 1.88 bits per heavy atom. The number of rotatable bonds is 6. The Balaban J connectivity index is 2.58. The van der Waals surface area contributed by atoms with E-state index in [9.17, 15) is 0 Å². The fourth-order valence-electron chi connectivity index (χ4n) is 1.32. The third kappa shape index (κ3) is 4.00. The Hall–Kier alpha value is -1.39. The summed E-state index contributed by atoms with van der Waals surface area (Å²) in [5.74, 6) is 2.12. The number of aromatic nitrogens is 3. The molecule has 90 valence electrons. The average molecular weight is 223 g/mol. The second kappa shape index (κ2) is 6.25. The van der Waals surface area contributed by atoms with Gasteiger partial charge in [-0.1, -0.05) is 19.8 Å². The Morgan fingerprint density at radius 3 is 2.50 bits per heavy atom. The summed E-state index contributed by atoms with van der Waals surface area (Å²) in [6, 6.07) is 0. The zero-order valence-electron chi connectivity index (χ0n) is 10.6. The van der Waals surface area contributed by atoms with Crippen LogP contribution in [0.3, 0.4) is 0 Å². The normalized spacial score (nSPS) is 10.2. The first-order valence-electron chi connectivity index (χ1n) is 5.77. The first-order chi connectivity index (χ1) is 7.63. The molecule has 5 nitrogen and oxygen atoms in total. The van der Waals surface area contributed by atoms with E-state index < -0.39 is 0 Å². The third-order valence-corrected chi connectivity index (χ3v) is 2.20. The van der Waals surface area contributed by atoms with Crippen molar-refractivity contribution in [3.05, 3.63) is 5.82 Å². The highest BCUT2D eigenvalue weighted by Crippen LogP contribution is 2.07. The SMILES string of the molecule is CCCCCNc1nc(C)nc(N(C)C)n1. The van der Waals surface area contributed by atoms with Crippen molar-refractivity contribution in [3.8, 4) is 0 Å². The first kappa shape index (κ1) is 12.7. The molecule has 1 rings (SSSR count). The van der Waals surface area contributed by atoms with Gasteiger partial charge in [-0.25, -0.2) is 0 Å². The largest absolute Gasteiger partial charge is 0.354 e. The van der Waals surface area contributed by atoms with Crippen molar-refractivity contribution in [1.29, 1.82) is 0 Å². The topological polar surface area (TPSA) is 53.9 Å². The molecule has 0 saturated carbocycles. The van der Waals surface area contributed by atoms with E-state index >= 15 is 0 Å². The van der Waals surface area contributed by atoms with Crippen LogP contribution >= 0.6 is 0 Å². The van der Waals surface area contributed by atoms with Gasteiger partial charge in [0.2, 0.25) is 11.9 Å². The Kier molecular flexibility index (Phi) is 4.95. The van der Waals surface area contributed by atoms with Crippen LogP contribution in [0.5, 0.6) is 0 Å². The molecule has 0 aliphatic heterocycles. The van der Waals surface area contributed by atoms with Crippen molar-refractivity contribution in [2.75, 3.05) is 30.9 Å². The average Bonchev–Trinajstić information content (AvgIpc) is 2.23. The number of unbranched alkanes of at least 4 members (excludes halogenated alkanes) is 2. The minimum Gasteiger partial charge on any atom is -0.354 e. The summed E-state index contributed by atoms with van der Waals surface area (Å²) in [6.07, 6.45) is 3.61. The van der Waals surface area contributed by atoms with Crippen molar-refractivity contribution in [1.82, 2.24) is 15.0 Å². The molecule has 0 atom stereocenters. The summed E-state index contributed by atoms with van der Waals surface area (Å²) < 4.78 is 0. The number of nitrogens with one attached hydrogen (secondary N) is 1. The summed E-state index contributed by atoms with van der Waals surface area (Å²) >= 11 is 0. The Morgan fingerprint density at radius 1 is 1.12 bits per heavy atom. The van der Waals surface area contributed by atoms with Gasteiger partial charge in [0, 0.05) is 20.6 Å². The fourth-order valence-corrected chi connectivity index (χ4v) is 1.32. The van der Waals surface area contributed by atoms with Crippen LogP contribution in [0.2, 0.25) is 0 Å². The van der Waals surface area contributed by atoms with Crippen LogP contribution in [-0.2, 0) is 0 Å². The molecule has 0 aliphatic rings. The molecule has 0 unspecified atom stereocenters. The molecule has 1 N–H and O–H groups in total. The Bertz CT molecular complexity index is 324. The molecule has 1 aromatic rings. The number of aryl methyl sites for hydroxylation is 1. The van der Waals surface area contributed by atoms with Gasteiger partial charge in [-0.15, -0.1) is 0 Å². The van der Waals surface area contributed by atoms with Crippen LogP contribution in [0.1, 0.15) is 32.0 Å². The molecule has 0 saturated heterocycles. The minimum absolute atomic E-state index is 0.673. The summed E-state index contributed by atoms with van der Waals surface area (Å²) in [7, 11) is 3.85. The molecular weight excluding hydrogens is 202 g/mol. The third-order valence-electron chi connectivity index (χ3n) is 2.20. The second-order valence-electron chi connectivity index (χ2n) is 4.03. The van der Waals surface area contributed by atoms with E-state index in [1.165, 1.54) is 12.8 Å². The van der Waals surface area contributed by atoms with E-state index in [4.69, 9.17) is 0 Å². The van der Waals surface area contributed by atoms with Gasteiger partial charge in [0.05, 0.1) is 0 Å². The monoisotopic (exact) mass is 223 g/mol. The number of nitrogens with zero attached hydrogens (tertiary/aromatic N) is 4. The van der Waals surface area contributed by atoms with Crippen molar-refractivity contribution in [2.45, 2.75) is 33.1 Å². The molecule has 5 heteroatoms. The molecule has 0 fully saturated rings. The highest BCUT2D eigenvalue weighted by atomic mass is 15.3. The highest BCUT2D eigenvalue weighted by Gasteiger charge is 2.04. The summed E-state index contributed by atoms with van der Waals surface area (Å²) in [4.78, 5) is 14.7. The summed E-state index contributed by atoms with van der Waals surface area (Å²) in [6.45, 7) is 4.99. The molecule has 0 amide bonds. The highest BCUT2D eigenvalue weighted by molar-refractivity contribution is 5.35. The van der Waals surface area contributed by atoms with Crippen molar-refractivity contribution in [2.24, 2.45) is 0 Å². The van der Waals surface area contributed by atoms with Gasteiger partial charge in [0.1, 0.15) is 5.82 Å². The van der Waals surface area contributed by atoms with Gasteiger partial charge in [-0.2, -0.15) is 15.0 Å². The zero-order chi connectivity index (χ0) is 12.0. The van der Waals surface area contributed by atoms with Crippen molar-refractivity contribution < 1.29 is 0 Å². The van der Waals surface area contributed by atoms with E-state index in [0.717, 1.165) is 18.8 Å². The lowest BCUT2D eigenvalue weighted by Gasteiger charge is -2.12. The maximum atomic E-state index is 4.32. The van der Waals surface area contributed by atoms with E-state index in [2.05, 4.69) is 27.2 Å². The maximum absolute atomic E-state index is 4.32. The molecular formula is C11H21N5. The summed E-state index contributed by atoms with van der Waals surface area (Å²) in [5.41, 5.74) is 0. The van der Waals surface area contributed by atoms with Crippen LogP contribution in [0.15, 0.2) is 0 Å². The predicted octanol–water partition coefficient (Wildman–Crippen LogP) is 1.85.